The van der Waals surface area contributed by atoms with Crippen molar-refractivity contribution in [3.63, 3.8) is 0 Å². The predicted octanol–water partition coefficient (Wildman–Crippen LogP) is 2.32. The molecule has 1 atom stereocenters. The zero-order valence-electron chi connectivity index (χ0n) is 11.6. The fraction of sp³-hybridized carbons (Fsp3) is 0.571. The van der Waals surface area contributed by atoms with E-state index < -0.39 is 11.9 Å². The number of carboxylic acid groups (broad SMARTS) is 1. The van der Waals surface area contributed by atoms with E-state index in [0.29, 0.717) is 19.5 Å². The van der Waals surface area contributed by atoms with E-state index in [1.54, 1.807) is 16.2 Å². The number of amides is 2. The molecule has 0 fully saturated rings. The molecule has 2 rings (SSSR count). The first-order chi connectivity index (χ1) is 9.61. The maximum absolute atomic E-state index is 12.1. The van der Waals surface area contributed by atoms with Crippen molar-refractivity contribution in [2.75, 3.05) is 13.1 Å². The molecule has 2 N–H and O–H groups in total. The summed E-state index contributed by atoms with van der Waals surface area (Å²) < 4.78 is 0. The summed E-state index contributed by atoms with van der Waals surface area (Å²) in [5.74, 6) is -1.34. The topological polar surface area (TPSA) is 69.6 Å². The van der Waals surface area contributed by atoms with Gasteiger partial charge >= 0.3 is 12.0 Å². The number of rotatable bonds is 5. The first-order valence-electron chi connectivity index (χ1n) is 6.92. The van der Waals surface area contributed by atoms with Crippen LogP contribution in [0.5, 0.6) is 0 Å². The summed E-state index contributed by atoms with van der Waals surface area (Å²) in [5.41, 5.74) is 1.21. The van der Waals surface area contributed by atoms with Crippen molar-refractivity contribution >= 4 is 23.3 Å². The number of aliphatic carboxylic acids is 1. The molecule has 0 bridgehead atoms. The average molecular weight is 296 g/mol. The van der Waals surface area contributed by atoms with Gasteiger partial charge in [0.1, 0.15) is 0 Å². The van der Waals surface area contributed by atoms with E-state index in [9.17, 15) is 9.59 Å². The summed E-state index contributed by atoms with van der Waals surface area (Å²) >= 11 is 1.73. The second kappa shape index (κ2) is 6.74. The van der Waals surface area contributed by atoms with E-state index in [1.165, 1.54) is 10.4 Å². The summed E-state index contributed by atoms with van der Waals surface area (Å²) in [5, 5.41) is 13.9. The first kappa shape index (κ1) is 14.8. The van der Waals surface area contributed by atoms with Crippen molar-refractivity contribution < 1.29 is 14.7 Å². The Hall–Kier alpha value is -1.56. The molecule has 1 unspecified atom stereocenters. The van der Waals surface area contributed by atoms with E-state index in [2.05, 4.69) is 11.4 Å². The Bertz CT molecular complexity index is 487. The van der Waals surface area contributed by atoms with Gasteiger partial charge in [-0.25, -0.2) is 4.79 Å². The predicted molar refractivity (Wildman–Crippen MR) is 77.9 cm³/mol. The van der Waals surface area contributed by atoms with Crippen LogP contribution >= 0.6 is 11.3 Å². The van der Waals surface area contributed by atoms with Crippen LogP contribution in [0.25, 0.3) is 0 Å². The van der Waals surface area contributed by atoms with Crippen molar-refractivity contribution in [2.45, 2.75) is 32.7 Å². The first-order valence-corrected chi connectivity index (χ1v) is 7.80. The van der Waals surface area contributed by atoms with Gasteiger partial charge in [-0.15, -0.1) is 11.3 Å². The SMILES string of the molecule is CCCC(CNC(=O)N1CCc2sccc2C1)C(=O)O. The molecule has 0 saturated carbocycles. The minimum Gasteiger partial charge on any atom is -0.481 e. The fourth-order valence-corrected chi connectivity index (χ4v) is 3.30. The van der Waals surface area contributed by atoms with E-state index >= 15 is 0 Å². The summed E-state index contributed by atoms with van der Waals surface area (Å²) in [6.45, 7) is 3.47. The minimum atomic E-state index is -0.842. The molecule has 0 aliphatic carbocycles. The summed E-state index contributed by atoms with van der Waals surface area (Å²) in [7, 11) is 0. The van der Waals surface area contributed by atoms with E-state index in [-0.39, 0.29) is 12.6 Å². The molecule has 1 aliphatic rings. The van der Waals surface area contributed by atoms with Crippen molar-refractivity contribution in [1.82, 2.24) is 10.2 Å². The summed E-state index contributed by atoms with van der Waals surface area (Å²) in [4.78, 5) is 26.2. The van der Waals surface area contributed by atoms with Gasteiger partial charge in [0.05, 0.1) is 5.92 Å². The van der Waals surface area contributed by atoms with E-state index in [4.69, 9.17) is 5.11 Å². The quantitative estimate of drug-likeness (QED) is 0.876. The molecular weight excluding hydrogens is 276 g/mol. The molecule has 110 valence electrons. The highest BCUT2D eigenvalue weighted by atomic mass is 32.1. The largest absolute Gasteiger partial charge is 0.481 e. The Morgan fingerprint density at radius 1 is 1.55 bits per heavy atom. The number of nitrogens with zero attached hydrogens (tertiary/aromatic N) is 1. The van der Waals surface area contributed by atoms with Crippen LogP contribution in [0.1, 0.15) is 30.2 Å². The monoisotopic (exact) mass is 296 g/mol. The lowest BCUT2D eigenvalue weighted by Gasteiger charge is -2.27. The van der Waals surface area contributed by atoms with Crippen molar-refractivity contribution in [3.05, 3.63) is 21.9 Å². The van der Waals surface area contributed by atoms with E-state index in [0.717, 1.165) is 12.8 Å². The van der Waals surface area contributed by atoms with Gasteiger partial charge < -0.3 is 15.3 Å². The molecule has 2 heterocycles. The lowest BCUT2D eigenvalue weighted by molar-refractivity contribution is -0.141. The Morgan fingerprint density at radius 3 is 3.05 bits per heavy atom. The number of carboxylic acids is 1. The summed E-state index contributed by atoms with van der Waals surface area (Å²) in [6, 6.07) is 1.89. The number of carbonyl (C=O) groups excluding carboxylic acids is 1. The molecule has 2 amide bonds. The van der Waals surface area contributed by atoms with Gasteiger partial charge in [-0.1, -0.05) is 13.3 Å². The second-order valence-corrected chi connectivity index (χ2v) is 6.05. The molecule has 5 nitrogen and oxygen atoms in total. The molecule has 20 heavy (non-hydrogen) atoms. The zero-order chi connectivity index (χ0) is 14.5. The molecule has 0 saturated heterocycles. The van der Waals surface area contributed by atoms with Crippen molar-refractivity contribution in [1.29, 1.82) is 0 Å². The highest BCUT2D eigenvalue weighted by Crippen LogP contribution is 2.23. The van der Waals surface area contributed by atoms with Gasteiger partial charge in [-0.3, -0.25) is 4.79 Å². The zero-order valence-corrected chi connectivity index (χ0v) is 12.4. The van der Waals surface area contributed by atoms with E-state index in [1.807, 2.05) is 12.3 Å². The molecule has 1 aromatic heterocycles. The lowest BCUT2D eigenvalue weighted by atomic mass is 10.0. The smallest absolute Gasteiger partial charge is 0.317 e. The summed E-state index contributed by atoms with van der Waals surface area (Å²) in [6.07, 6.45) is 2.27. The molecular formula is C14H20N2O3S. The highest BCUT2D eigenvalue weighted by Gasteiger charge is 2.23. The van der Waals surface area contributed by atoms with Gasteiger partial charge in [0.2, 0.25) is 0 Å². The number of hydrogen-bond acceptors (Lipinski definition) is 3. The van der Waals surface area contributed by atoms with Gasteiger partial charge in [-0.05, 0) is 29.9 Å². The molecule has 6 heteroatoms. The molecule has 0 spiro atoms. The van der Waals surface area contributed by atoms with Crippen molar-refractivity contribution in [3.8, 4) is 0 Å². The van der Waals surface area contributed by atoms with Crippen LogP contribution in [-0.2, 0) is 17.8 Å². The van der Waals surface area contributed by atoms with Crippen LogP contribution < -0.4 is 5.32 Å². The Labute approximate surface area is 122 Å². The van der Waals surface area contributed by atoms with Crippen LogP contribution in [0.2, 0.25) is 0 Å². The van der Waals surface area contributed by atoms with Crippen LogP contribution in [0.15, 0.2) is 11.4 Å². The van der Waals surface area contributed by atoms with Crippen LogP contribution in [0.3, 0.4) is 0 Å². The number of hydrogen-bond donors (Lipinski definition) is 2. The number of fused-ring (bicyclic) bond motifs is 1. The van der Waals surface area contributed by atoms with Crippen LogP contribution in [-0.4, -0.2) is 35.1 Å². The third-order valence-corrected chi connectivity index (χ3v) is 4.60. The minimum absolute atomic E-state index is 0.163. The van der Waals surface area contributed by atoms with Crippen molar-refractivity contribution in [2.24, 2.45) is 5.92 Å². The molecule has 1 aliphatic heterocycles. The normalized spacial score (nSPS) is 15.6. The number of urea groups is 1. The average Bonchev–Trinajstić information content (AvgIpc) is 2.89. The van der Waals surface area contributed by atoms with Gasteiger partial charge in [0.25, 0.3) is 0 Å². The lowest BCUT2D eigenvalue weighted by Crippen LogP contribution is -2.44. The Kier molecular flexibility index (Phi) is 5.00. The Balaban J connectivity index is 1.85. The standard InChI is InChI=1S/C14H20N2O3S/c1-2-3-10(13(17)18)8-15-14(19)16-6-4-12-11(9-16)5-7-20-12/h5,7,10H,2-4,6,8-9H2,1H3,(H,15,19)(H,17,18). The number of thiophene rings is 1. The third-order valence-electron chi connectivity index (χ3n) is 3.58. The highest BCUT2D eigenvalue weighted by molar-refractivity contribution is 7.10. The number of carbonyl (C=O) groups is 2. The third kappa shape index (κ3) is 3.50. The van der Waals surface area contributed by atoms with Gasteiger partial charge in [0, 0.05) is 24.5 Å². The maximum atomic E-state index is 12.1. The maximum Gasteiger partial charge on any atom is 0.317 e. The number of nitrogens with one attached hydrogen (secondary N) is 1. The second-order valence-electron chi connectivity index (χ2n) is 5.05. The van der Waals surface area contributed by atoms with Gasteiger partial charge in [-0.2, -0.15) is 0 Å². The fourth-order valence-electron chi connectivity index (χ4n) is 2.41. The van der Waals surface area contributed by atoms with Crippen LogP contribution in [0.4, 0.5) is 4.79 Å². The molecule has 0 aromatic carbocycles. The van der Waals surface area contributed by atoms with Gasteiger partial charge in [0.15, 0.2) is 0 Å². The Morgan fingerprint density at radius 2 is 2.35 bits per heavy atom. The molecule has 1 aromatic rings. The molecule has 0 radical (unpaired) electrons. The van der Waals surface area contributed by atoms with Crippen LogP contribution in [0, 0.1) is 5.92 Å².